The van der Waals surface area contributed by atoms with Gasteiger partial charge < -0.3 is 19.7 Å². The maximum atomic E-state index is 14.2. The van der Waals surface area contributed by atoms with E-state index in [0.717, 1.165) is 21.9 Å². The number of hydrogen-bond donors (Lipinski definition) is 1. The molecule has 0 bridgehead atoms. The van der Waals surface area contributed by atoms with Gasteiger partial charge in [-0.2, -0.15) is 0 Å². The molecule has 226 valence electrons. The number of anilines is 1. The van der Waals surface area contributed by atoms with Crippen LogP contribution in [0.5, 0.6) is 11.5 Å². The maximum absolute atomic E-state index is 14.2. The van der Waals surface area contributed by atoms with Crippen molar-refractivity contribution < 1.29 is 27.5 Å². The van der Waals surface area contributed by atoms with E-state index in [1.54, 1.807) is 30.3 Å². The summed E-state index contributed by atoms with van der Waals surface area (Å²) in [5.41, 5.74) is 2.04. The largest absolute Gasteiger partial charge is 0.493 e. The number of hydrogen-bond acceptors (Lipinski definition) is 6. The first kappa shape index (κ1) is 32.5. The Morgan fingerprint density at radius 3 is 2.12 bits per heavy atom. The lowest BCUT2D eigenvalue weighted by molar-refractivity contribution is -0.140. The monoisotopic (exact) mass is 595 g/mol. The van der Waals surface area contributed by atoms with Crippen molar-refractivity contribution in [2.45, 2.75) is 64.1 Å². The van der Waals surface area contributed by atoms with E-state index < -0.39 is 28.5 Å². The molecule has 42 heavy (non-hydrogen) atoms. The minimum absolute atomic E-state index is 0.0274. The van der Waals surface area contributed by atoms with Crippen molar-refractivity contribution in [3.8, 4) is 11.5 Å². The van der Waals surface area contributed by atoms with Crippen LogP contribution in [0.1, 0.15) is 44.7 Å². The number of sulfonamides is 1. The van der Waals surface area contributed by atoms with Crippen molar-refractivity contribution in [2.75, 3.05) is 25.1 Å². The first-order valence-electron chi connectivity index (χ1n) is 14.0. The number of methoxy groups -OCH3 is 2. The van der Waals surface area contributed by atoms with Gasteiger partial charge in [0.05, 0.1) is 24.8 Å². The molecule has 0 saturated heterocycles. The molecule has 2 atom stereocenters. The van der Waals surface area contributed by atoms with Crippen molar-refractivity contribution in [1.29, 1.82) is 0 Å². The van der Waals surface area contributed by atoms with Crippen LogP contribution in [0.3, 0.4) is 0 Å². The number of ether oxygens (including phenoxy) is 2. The Morgan fingerprint density at radius 1 is 0.881 bits per heavy atom. The molecule has 0 aliphatic rings. The summed E-state index contributed by atoms with van der Waals surface area (Å²) in [4.78, 5) is 29.2. The SMILES string of the molecule is CC[C@@H](C)NC(=O)[C@@H](CC)N(Cc1ccccc1C)C(=O)CN(c1ccc(OC)c(OC)c1)S(=O)(=O)c1ccccc1. The molecule has 0 aromatic heterocycles. The molecule has 0 radical (unpaired) electrons. The topological polar surface area (TPSA) is 105 Å². The third-order valence-corrected chi connectivity index (χ3v) is 9.04. The zero-order valence-corrected chi connectivity index (χ0v) is 26.0. The molecule has 0 saturated carbocycles. The Morgan fingerprint density at radius 2 is 1.52 bits per heavy atom. The molecule has 0 fully saturated rings. The third-order valence-electron chi connectivity index (χ3n) is 7.25. The Hall–Kier alpha value is -4.05. The van der Waals surface area contributed by atoms with Crippen LogP contribution in [-0.2, 0) is 26.2 Å². The van der Waals surface area contributed by atoms with Gasteiger partial charge in [-0.15, -0.1) is 0 Å². The predicted octanol–water partition coefficient (Wildman–Crippen LogP) is 4.93. The second kappa shape index (κ2) is 14.7. The Labute approximate surface area is 249 Å². The lowest BCUT2D eigenvalue weighted by atomic mass is 10.1. The summed E-state index contributed by atoms with van der Waals surface area (Å²) >= 11 is 0. The summed E-state index contributed by atoms with van der Waals surface area (Å²) < 4.78 is 39.9. The molecule has 3 aromatic rings. The fourth-order valence-electron chi connectivity index (χ4n) is 4.56. The molecule has 3 rings (SSSR count). The number of nitrogens with zero attached hydrogens (tertiary/aromatic N) is 2. The van der Waals surface area contributed by atoms with Crippen molar-refractivity contribution >= 4 is 27.5 Å². The van der Waals surface area contributed by atoms with Gasteiger partial charge in [-0.05, 0) is 62.1 Å². The second-order valence-electron chi connectivity index (χ2n) is 10.1. The van der Waals surface area contributed by atoms with Crippen LogP contribution < -0.4 is 19.1 Å². The summed E-state index contributed by atoms with van der Waals surface area (Å²) in [6, 6.07) is 19.3. The van der Waals surface area contributed by atoms with E-state index in [0.29, 0.717) is 17.9 Å². The number of rotatable bonds is 14. The predicted molar refractivity (Wildman–Crippen MR) is 164 cm³/mol. The van der Waals surface area contributed by atoms with Crippen molar-refractivity contribution in [1.82, 2.24) is 10.2 Å². The molecule has 1 N–H and O–H groups in total. The van der Waals surface area contributed by atoms with Gasteiger partial charge in [-0.1, -0.05) is 56.3 Å². The molecular weight excluding hydrogens is 554 g/mol. The van der Waals surface area contributed by atoms with Gasteiger partial charge >= 0.3 is 0 Å². The van der Waals surface area contributed by atoms with E-state index in [-0.39, 0.29) is 29.1 Å². The van der Waals surface area contributed by atoms with Crippen LogP contribution >= 0.6 is 0 Å². The van der Waals surface area contributed by atoms with Crippen molar-refractivity contribution in [3.63, 3.8) is 0 Å². The van der Waals surface area contributed by atoms with Crippen LogP contribution in [0, 0.1) is 6.92 Å². The number of aryl methyl sites for hydroxylation is 1. The molecule has 9 nitrogen and oxygen atoms in total. The van der Waals surface area contributed by atoms with Crippen LogP contribution in [0.4, 0.5) is 5.69 Å². The second-order valence-corrected chi connectivity index (χ2v) is 11.9. The summed E-state index contributed by atoms with van der Waals surface area (Å²) in [5, 5.41) is 2.99. The highest BCUT2D eigenvalue weighted by molar-refractivity contribution is 7.92. The standard InChI is InChI=1S/C32H41N3O6S/c1-7-24(4)33-32(37)28(8-2)34(21-25-15-13-12-14-23(25)3)31(36)22-35(42(38,39)27-16-10-9-11-17-27)26-18-19-29(40-5)30(20-26)41-6/h9-20,24,28H,7-8,21-22H2,1-6H3,(H,33,37)/t24-,28-/m1/s1. The van der Waals surface area contributed by atoms with E-state index >= 15 is 0 Å². The zero-order chi connectivity index (χ0) is 30.9. The molecule has 0 aliphatic heterocycles. The first-order chi connectivity index (χ1) is 20.1. The fourth-order valence-corrected chi connectivity index (χ4v) is 5.99. The molecule has 0 heterocycles. The molecule has 2 amide bonds. The fraction of sp³-hybridized carbons (Fsp3) is 0.375. The number of carbonyl (C=O) groups excluding carboxylic acids is 2. The van der Waals surface area contributed by atoms with Gasteiger partial charge in [-0.3, -0.25) is 13.9 Å². The van der Waals surface area contributed by atoms with E-state index in [2.05, 4.69) is 5.32 Å². The lowest BCUT2D eigenvalue weighted by Gasteiger charge is -2.34. The van der Waals surface area contributed by atoms with E-state index in [1.165, 1.54) is 37.3 Å². The smallest absolute Gasteiger partial charge is 0.264 e. The first-order valence-corrected chi connectivity index (χ1v) is 15.4. The molecule has 0 aliphatic carbocycles. The van der Waals surface area contributed by atoms with Crippen LogP contribution in [0.2, 0.25) is 0 Å². The number of nitrogens with one attached hydrogen (secondary N) is 1. The van der Waals surface area contributed by atoms with Gasteiger partial charge in [0.15, 0.2) is 11.5 Å². The van der Waals surface area contributed by atoms with E-state index in [9.17, 15) is 18.0 Å². The van der Waals surface area contributed by atoms with Gasteiger partial charge in [0.1, 0.15) is 12.6 Å². The highest BCUT2D eigenvalue weighted by Gasteiger charge is 2.34. The third kappa shape index (κ3) is 7.61. The molecule has 10 heteroatoms. The molecular formula is C32H41N3O6S. The normalized spacial score (nSPS) is 12.6. The number of carbonyl (C=O) groups is 2. The maximum Gasteiger partial charge on any atom is 0.264 e. The minimum atomic E-state index is -4.19. The van der Waals surface area contributed by atoms with Crippen LogP contribution in [0.25, 0.3) is 0 Å². The quantitative estimate of drug-likeness (QED) is 0.283. The lowest BCUT2D eigenvalue weighted by Crippen LogP contribution is -2.53. The summed E-state index contributed by atoms with van der Waals surface area (Å²) in [7, 11) is -1.26. The van der Waals surface area contributed by atoms with Gasteiger partial charge in [0.2, 0.25) is 11.8 Å². The van der Waals surface area contributed by atoms with E-state index in [1.807, 2.05) is 52.0 Å². The highest BCUT2D eigenvalue weighted by Crippen LogP contribution is 2.34. The van der Waals surface area contributed by atoms with Crippen LogP contribution in [-0.4, -0.2) is 58.0 Å². The molecule has 0 unspecified atom stereocenters. The van der Waals surface area contributed by atoms with Gasteiger partial charge in [0.25, 0.3) is 10.0 Å². The Kier molecular flexibility index (Phi) is 11.4. The summed E-state index contributed by atoms with van der Waals surface area (Å²) in [6.45, 7) is 7.26. The number of benzene rings is 3. The molecule has 3 aromatic carbocycles. The minimum Gasteiger partial charge on any atom is -0.493 e. The van der Waals surface area contributed by atoms with Gasteiger partial charge in [-0.25, -0.2) is 8.42 Å². The van der Waals surface area contributed by atoms with Crippen molar-refractivity contribution in [2.24, 2.45) is 0 Å². The van der Waals surface area contributed by atoms with Crippen LogP contribution in [0.15, 0.2) is 77.7 Å². The Bertz CT molecular complexity index is 1460. The average molecular weight is 596 g/mol. The summed E-state index contributed by atoms with van der Waals surface area (Å²) in [5.74, 6) is -0.0681. The molecule has 0 spiro atoms. The average Bonchev–Trinajstić information content (AvgIpc) is 3.00. The van der Waals surface area contributed by atoms with Crippen molar-refractivity contribution in [3.05, 3.63) is 83.9 Å². The zero-order valence-electron chi connectivity index (χ0n) is 25.2. The van der Waals surface area contributed by atoms with E-state index in [4.69, 9.17) is 9.47 Å². The highest BCUT2D eigenvalue weighted by atomic mass is 32.2. The summed E-state index contributed by atoms with van der Waals surface area (Å²) in [6.07, 6.45) is 1.08. The number of amides is 2. The Balaban J connectivity index is 2.11. The van der Waals surface area contributed by atoms with Gasteiger partial charge in [0, 0.05) is 18.7 Å².